The average Bonchev–Trinajstić information content (AvgIpc) is 3.27. The van der Waals surface area contributed by atoms with Crippen molar-refractivity contribution < 1.29 is 4.79 Å². The summed E-state index contributed by atoms with van der Waals surface area (Å²) in [6.07, 6.45) is 1.39. The molecule has 0 fully saturated rings. The third-order valence-electron chi connectivity index (χ3n) is 4.47. The molecule has 4 rings (SSSR count). The highest BCUT2D eigenvalue weighted by atomic mass is 35.5. The molecular formula is C19H13Cl2N5O. The molecule has 1 amide bonds. The zero-order valence-electron chi connectivity index (χ0n) is 14.1. The topological polar surface area (TPSA) is 74.8 Å². The second-order valence-electron chi connectivity index (χ2n) is 6.21. The van der Waals surface area contributed by atoms with Gasteiger partial charge in [0.1, 0.15) is 18.9 Å². The van der Waals surface area contributed by atoms with Crippen LogP contribution in [0, 0.1) is 11.3 Å². The fourth-order valence-corrected chi connectivity index (χ4v) is 3.78. The molecule has 2 aromatic carbocycles. The SMILES string of the molecule is N#Cc1ncn(CC(=O)N2Cc3ccc(-c4c(Cl)cccc4Cl)cc3C2)n1. The Balaban J connectivity index is 1.54. The summed E-state index contributed by atoms with van der Waals surface area (Å²) in [7, 11) is 0. The molecule has 1 aromatic heterocycles. The van der Waals surface area contributed by atoms with Gasteiger partial charge in [-0.05, 0) is 34.9 Å². The van der Waals surface area contributed by atoms with Gasteiger partial charge in [0.05, 0.1) is 0 Å². The summed E-state index contributed by atoms with van der Waals surface area (Å²) in [4.78, 5) is 18.1. The first-order chi connectivity index (χ1) is 13.0. The zero-order valence-corrected chi connectivity index (χ0v) is 15.6. The quantitative estimate of drug-likeness (QED) is 0.675. The molecule has 1 aliphatic rings. The first-order valence-electron chi connectivity index (χ1n) is 8.18. The van der Waals surface area contributed by atoms with Crippen molar-refractivity contribution in [3.05, 3.63) is 69.7 Å². The lowest BCUT2D eigenvalue weighted by molar-refractivity contribution is -0.132. The first-order valence-corrected chi connectivity index (χ1v) is 8.94. The minimum absolute atomic E-state index is 0.0475. The molecule has 0 radical (unpaired) electrons. The minimum Gasteiger partial charge on any atom is -0.332 e. The van der Waals surface area contributed by atoms with Crippen LogP contribution < -0.4 is 0 Å². The summed E-state index contributed by atoms with van der Waals surface area (Å²) in [5.74, 6) is -0.0355. The molecule has 0 unspecified atom stereocenters. The summed E-state index contributed by atoms with van der Waals surface area (Å²) in [6, 6.07) is 13.3. The van der Waals surface area contributed by atoms with Crippen molar-refractivity contribution in [3.8, 4) is 17.2 Å². The lowest BCUT2D eigenvalue weighted by Gasteiger charge is -2.14. The monoisotopic (exact) mass is 397 g/mol. The Morgan fingerprint density at radius 3 is 2.59 bits per heavy atom. The van der Waals surface area contributed by atoms with E-state index in [1.54, 1.807) is 17.0 Å². The zero-order chi connectivity index (χ0) is 19.0. The van der Waals surface area contributed by atoms with E-state index in [9.17, 15) is 4.79 Å². The van der Waals surface area contributed by atoms with Crippen LogP contribution in [0.5, 0.6) is 0 Å². The summed E-state index contributed by atoms with van der Waals surface area (Å²) in [5.41, 5.74) is 3.87. The normalized spacial score (nSPS) is 12.7. The Morgan fingerprint density at radius 1 is 1.15 bits per heavy atom. The number of halogens is 2. The number of carbonyl (C=O) groups excluding carboxylic acids is 1. The van der Waals surface area contributed by atoms with Crippen molar-refractivity contribution in [3.63, 3.8) is 0 Å². The number of aromatic nitrogens is 3. The molecule has 0 spiro atoms. The molecule has 2 heterocycles. The number of hydrogen-bond acceptors (Lipinski definition) is 4. The first kappa shape index (κ1) is 17.5. The van der Waals surface area contributed by atoms with Crippen LogP contribution in [0.4, 0.5) is 0 Å². The predicted octanol–water partition coefficient (Wildman–Crippen LogP) is 3.67. The Morgan fingerprint density at radius 2 is 1.89 bits per heavy atom. The van der Waals surface area contributed by atoms with Crippen molar-refractivity contribution in [1.29, 1.82) is 5.26 Å². The van der Waals surface area contributed by atoms with E-state index in [1.165, 1.54) is 11.0 Å². The molecule has 1 aliphatic heterocycles. The van der Waals surface area contributed by atoms with Gasteiger partial charge >= 0.3 is 0 Å². The largest absolute Gasteiger partial charge is 0.332 e. The number of hydrogen-bond donors (Lipinski definition) is 0. The van der Waals surface area contributed by atoms with Crippen molar-refractivity contribution in [2.24, 2.45) is 0 Å². The minimum atomic E-state index is -0.0853. The van der Waals surface area contributed by atoms with Gasteiger partial charge in [-0.25, -0.2) is 9.67 Å². The Kier molecular flexibility index (Phi) is 4.56. The molecule has 3 aromatic rings. The van der Waals surface area contributed by atoms with E-state index in [-0.39, 0.29) is 18.3 Å². The van der Waals surface area contributed by atoms with E-state index in [1.807, 2.05) is 30.3 Å². The molecule has 0 saturated carbocycles. The molecular weight excluding hydrogens is 385 g/mol. The van der Waals surface area contributed by atoms with E-state index < -0.39 is 0 Å². The highest BCUT2D eigenvalue weighted by molar-refractivity contribution is 6.39. The smallest absolute Gasteiger partial charge is 0.252 e. The molecule has 0 bridgehead atoms. The van der Waals surface area contributed by atoms with E-state index in [0.717, 1.165) is 22.3 Å². The molecule has 27 heavy (non-hydrogen) atoms. The third kappa shape index (κ3) is 3.39. The fraction of sp³-hybridized carbons (Fsp3) is 0.158. The van der Waals surface area contributed by atoms with E-state index in [0.29, 0.717) is 23.1 Å². The van der Waals surface area contributed by atoms with Crippen molar-refractivity contribution >= 4 is 29.1 Å². The van der Waals surface area contributed by atoms with Crippen LogP contribution in [0.15, 0.2) is 42.7 Å². The maximum atomic E-state index is 12.6. The molecule has 0 saturated heterocycles. The molecule has 0 aliphatic carbocycles. The molecule has 0 N–H and O–H groups in total. The van der Waals surface area contributed by atoms with Gasteiger partial charge in [-0.15, -0.1) is 5.10 Å². The Bertz CT molecular complexity index is 1070. The number of benzene rings is 2. The summed E-state index contributed by atoms with van der Waals surface area (Å²) in [6.45, 7) is 1.08. The van der Waals surface area contributed by atoms with E-state index >= 15 is 0 Å². The van der Waals surface area contributed by atoms with Gasteiger partial charge in [0.15, 0.2) is 0 Å². The number of nitriles is 1. The third-order valence-corrected chi connectivity index (χ3v) is 5.10. The van der Waals surface area contributed by atoms with Gasteiger partial charge in [-0.2, -0.15) is 5.26 Å². The summed E-state index contributed by atoms with van der Waals surface area (Å²) >= 11 is 12.6. The number of fused-ring (bicyclic) bond motifs is 1. The molecule has 8 heteroatoms. The molecule has 6 nitrogen and oxygen atoms in total. The molecule has 0 atom stereocenters. The van der Waals surface area contributed by atoms with Crippen molar-refractivity contribution in [2.75, 3.05) is 0 Å². The van der Waals surface area contributed by atoms with Gasteiger partial charge in [-0.1, -0.05) is 41.4 Å². The van der Waals surface area contributed by atoms with Gasteiger partial charge in [0, 0.05) is 28.7 Å². The highest BCUT2D eigenvalue weighted by Gasteiger charge is 2.24. The standard InChI is InChI=1S/C19H13Cl2N5O/c20-15-2-1-3-16(21)19(15)12-4-5-13-8-25(9-14(13)6-12)18(27)10-26-11-23-17(7-22)24-26/h1-6,11H,8-10H2. The maximum Gasteiger partial charge on any atom is 0.252 e. The van der Waals surface area contributed by atoms with Gasteiger partial charge in [0.25, 0.3) is 5.82 Å². The maximum absolute atomic E-state index is 12.6. The second-order valence-corrected chi connectivity index (χ2v) is 7.02. The van der Waals surface area contributed by atoms with Crippen LogP contribution in [0.25, 0.3) is 11.1 Å². The van der Waals surface area contributed by atoms with Crippen LogP contribution in [-0.2, 0) is 24.4 Å². The lowest BCUT2D eigenvalue weighted by atomic mass is 10.0. The van der Waals surface area contributed by atoms with Crippen LogP contribution in [0.2, 0.25) is 10.0 Å². The second kappa shape index (κ2) is 7.03. The number of amides is 1. The van der Waals surface area contributed by atoms with Crippen LogP contribution in [-0.4, -0.2) is 25.6 Å². The van der Waals surface area contributed by atoms with Crippen LogP contribution in [0.3, 0.4) is 0 Å². The van der Waals surface area contributed by atoms with E-state index in [2.05, 4.69) is 10.1 Å². The Labute approximate surface area is 165 Å². The molecule has 134 valence electrons. The van der Waals surface area contributed by atoms with Gasteiger partial charge < -0.3 is 4.90 Å². The average molecular weight is 398 g/mol. The van der Waals surface area contributed by atoms with Gasteiger partial charge in [0.2, 0.25) is 5.91 Å². The van der Waals surface area contributed by atoms with E-state index in [4.69, 9.17) is 28.5 Å². The number of nitrogens with zero attached hydrogens (tertiary/aromatic N) is 5. The van der Waals surface area contributed by atoms with Crippen LogP contribution >= 0.6 is 23.2 Å². The lowest BCUT2D eigenvalue weighted by Crippen LogP contribution is -2.29. The highest BCUT2D eigenvalue weighted by Crippen LogP contribution is 2.36. The van der Waals surface area contributed by atoms with Crippen molar-refractivity contribution in [2.45, 2.75) is 19.6 Å². The van der Waals surface area contributed by atoms with Crippen molar-refractivity contribution in [1.82, 2.24) is 19.7 Å². The number of carbonyl (C=O) groups is 1. The van der Waals surface area contributed by atoms with Gasteiger partial charge in [-0.3, -0.25) is 4.79 Å². The fourth-order valence-electron chi connectivity index (χ4n) is 3.16. The number of rotatable bonds is 3. The predicted molar refractivity (Wildman–Crippen MR) is 101 cm³/mol. The Hall–Kier alpha value is -2.88. The summed E-state index contributed by atoms with van der Waals surface area (Å²) in [5, 5.41) is 13.9. The summed E-state index contributed by atoms with van der Waals surface area (Å²) < 4.78 is 1.37. The van der Waals surface area contributed by atoms with Crippen LogP contribution in [0.1, 0.15) is 17.0 Å².